The lowest BCUT2D eigenvalue weighted by atomic mass is 9.95. The van der Waals surface area contributed by atoms with Gasteiger partial charge in [0.15, 0.2) is 0 Å². The van der Waals surface area contributed by atoms with Crippen LogP contribution in [0.5, 0.6) is 0 Å². The topological polar surface area (TPSA) is 49.7 Å². The third kappa shape index (κ3) is 1.08. The van der Waals surface area contributed by atoms with Crippen LogP contribution in [0.1, 0.15) is 0 Å². The van der Waals surface area contributed by atoms with Crippen molar-refractivity contribution in [2.45, 2.75) is 5.25 Å². The molecule has 2 rings (SSSR count). The number of fused-ring (bicyclic) bond motifs is 1. The van der Waals surface area contributed by atoms with Crippen molar-refractivity contribution in [1.29, 1.82) is 0 Å². The Labute approximate surface area is 74.0 Å². The fourth-order valence-electron chi connectivity index (χ4n) is 1.31. The third-order valence-electron chi connectivity index (χ3n) is 1.92. The van der Waals surface area contributed by atoms with Crippen molar-refractivity contribution in [2.75, 3.05) is 0 Å². The number of rotatable bonds is 1. The van der Waals surface area contributed by atoms with Gasteiger partial charge in [0, 0.05) is 12.1 Å². The summed E-state index contributed by atoms with van der Waals surface area (Å²) in [7, 11) is 0. The molecular formula is C8H7NO2S. The summed E-state index contributed by atoms with van der Waals surface area (Å²) in [6, 6.07) is 0. The summed E-state index contributed by atoms with van der Waals surface area (Å²) in [5, 5.41) is 8.81. The molecule has 0 aromatic heterocycles. The fourth-order valence-corrected chi connectivity index (χ4v) is 2.25. The van der Waals surface area contributed by atoms with Crippen molar-refractivity contribution in [3.8, 4) is 0 Å². The minimum absolute atomic E-state index is 0.00694. The first-order chi connectivity index (χ1) is 5.79. The molecule has 0 saturated heterocycles. The second-order valence-electron chi connectivity index (χ2n) is 2.67. The van der Waals surface area contributed by atoms with E-state index in [9.17, 15) is 4.79 Å². The van der Waals surface area contributed by atoms with Gasteiger partial charge in [-0.25, -0.2) is 9.19 Å². The van der Waals surface area contributed by atoms with Crippen molar-refractivity contribution in [1.82, 2.24) is 0 Å². The Morgan fingerprint density at radius 3 is 3.25 bits per heavy atom. The van der Waals surface area contributed by atoms with Crippen LogP contribution in [0.25, 0.3) is 0 Å². The van der Waals surface area contributed by atoms with Crippen LogP contribution in [0.3, 0.4) is 0 Å². The summed E-state index contributed by atoms with van der Waals surface area (Å²) >= 11 is 1.33. The van der Waals surface area contributed by atoms with Gasteiger partial charge in [0.05, 0.1) is 10.8 Å². The molecule has 2 unspecified atom stereocenters. The van der Waals surface area contributed by atoms with Gasteiger partial charge in [-0.1, -0.05) is 18.2 Å². The van der Waals surface area contributed by atoms with Crippen LogP contribution >= 0.6 is 11.9 Å². The average molecular weight is 181 g/mol. The van der Waals surface area contributed by atoms with Gasteiger partial charge in [-0.2, -0.15) is 0 Å². The summed E-state index contributed by atoms with van der Waals surface area (Å²) in [6.45, 7) is 0. The lowest BCUT2D eigenvalue weighted by Crippen LogP contribution is -2.22. The first-order valence-electron chi connectivity index (χ1n) is 3.60. The molecule has 1 heterocycles. The van der Waals surface area contributed by atoms with E-state index in [-0.39, 0.29) is 11.2 Å². The smallest absolute Gasteiger partial charge is 0.332 e. The van der Waals surface area contributed by atoms with E-state index in [1.165, 1.54) is 11.9 Å². The van der Waals surface area contributed by atoms with E-state index in [4.69, 9.17) is 5.11 Å². The van der Waals surface area contributed by atoms with Gasteiger partial charge in [0.2, 0.25) is 0 Å². The first kappa shape index (κ1) is 7.61. The molecule has 0 bridgehead atoms. The number of carboxylic acid groups (broad SMARTS) is 1. The van der Waals surface area contributed by atoms with Gasteiger partial charge >= 0.3 is 5.97 Å². The Kier molecular flexibility index (Phi) is 1.77. The van der Waals surface area contributed by atoms with Crippen LogP contribution in [0, 0.1) is 5.92 Å². The number of carbonyl (C=O) groups is 1. The molecule has 0 aromatic carbocycles. The summed E-state index contributed by atoms with van der Waals surface area (Å²) in [5.74, 6) is -0.668. The van der Waals surface area contributed by atoms with Gasteiger partial charge in [-0.3, -0.25) is 0 Å². The van der Waals surface area contributed by atoms with E-state index in [1.807, 2.05) is 6.08 Å². The summed E-state index contributed by atoms with van der Waals surface area (Å²) in [4.78, 5) is 10.7. The highest BCUT2D eigenvalue weighted by Gasteiger charge is 2.31. The van der Waals surface area contributed by atoms with Gasteiger partial charge in [0.1, 0.15) is 0 Å². The van der Waals surface area contributed by atoms with E-state index in [0.717, 1.165) is 0 Å². The van der Waals surface area contributed by atoms with Crippen LogP contribution in [0.2, 0.25) is 0 Å². The molecule has 4 heteroatoms. The monoisotopic (exact) mass is 181 g/mol. The zero-order valence-electron chi connectivity index (χ0n) is 6.18. The highest BCUT2D eigenvalue weighted by Crippen LogP contribution is 2.35. The molecule has 3 nitrogen and oxygen atoms in total. The number of aliphatic carboxylic acids is 1. The van der Waals surface area contributed by atoms with Gasteiger partial charge in [0.25, 0.3) is 0 Å². The Bertz CT molecular complexity index is 306. The highest BCUT2D eigenvalue weighted by atomic mass is 32.2. The van der Waals surface area contributed by atoms with E-state index < -0.39 is 5.97 Å². The van der Waals surface area contributed by atoms with Crippen LogP contribution in [0.15, 0.2) is 28.2 Å². The van der Waals surface area contributed by atoms with E-state index in [1.54, 1.807) is 18.4 Å². The Morgan fingerprint density at radius 2 is 2.50 bits per heavy atom. The lowest BCUT2D eigenvalue weighted by molar-refractivity contribution is -0.132. The van der Waals surface area contributed by atoms with Crippen molar-refractivity contribution >= 4 is 24.1 Å². The molecule has 12 heavy (non-hydrogen) atoms. The van der Waals surface area contributed by atoms with Crippen molar-refractivity contribution in [3.63, 3.8) is 0 Å². The Hall–Kier alpha value is -1.03. The molecule has 1 aliphatic heterocycles. The zero-order chi connectivity index (χ0) is 8.55. The normalized spacial score (nSPS) is 31.5. The standard InChI is InChI=1S/C8H7NO2S/c10-8(11)6-3-1-2-5-4-9-12-7(5)6/h1-5,7H,(H,10,11). The molecule has 0 amide bonds. The minimum Gasteiger partial charge on any atom is -0.478 e. The SMILES string of the molecule is O=C(O)C1=CC=CC2C=NSC12. The number of carboxylic acids is 1. The minimum atomic E-state index is -0.840. The maximum absolute atomic E-state index is 10.7. The van der Waals surface area contributed by atoms with E-state index in [0.29, 0.717) is 5.57 Å². The molecule has 0 saturated carbocycles. The largest absolute Gasteiger partial charge is 0.478 e. The quantitative estimate of drug-likeness (QED) is 0.620. The van der Waals surface area contributed by atoms with Crippen LogP contribution in [0.4, 0.5) is 0 Å². The Balaban J connectivity index is 2.30. The first-order valence-corrected chi connectivity index (χ1v) is 4.43. The van der Waals surface area contributed by atoms with Gasteiger partial charge in [-0.05, 0) is 11.9 Å². The Morgan fingerprint density at radius 1 is 1.67 bits per heavy atom. The average Bonchev–Trinajstić information content (AvgIpc) is 2.49. The molecule has 0 fully saturated rings. The van der Waals surface area contributed by atoms with Crippen LogP contribution in [-0.4, -0.2) is 22.5 Å². The number of allylic oxidation sites excluding steroid dienone is 3. The molecule has 2 aliphatic rings. The molecule has 62 valence electrons. The highest BCUT2D eigenvalue weighted by molar-refractivity contribution is 7.99. The molecule has 0 spiro atoms. The molecule has 0 radical (unpaired) electrons. The number of hydrogen-bond acceptors (Lipinski definition) is 3. The third-order valence-corrected chi connectivity index (χ3v) is 2.96. The fraction of sp³-hybridized carbons (Fsp3) is 0.250. The summed E-state index contributed by atoms with van der Waals surface area (Å²) < 4.78 is 4.00. The maximum Gasteiger partial charge on any atom is 0.332 e. The van der Waals surface area contributed by atoms with Crippen molar-refractivity contribution in [2.24, 2.45) is 10.3 Å². The molecule has 0 aromatic rings. The van der Waals surface area contributed by atoms with Crippen molar-refractivity contribution in [3.05, 3.63) is 23.8 Å². The van der Waals surface area contributed by atoms with Crippen LogP contribution < -0.4 is 0 Å². The molecule has 2 atom stereocenters. The predicted molar refractivity (Wildman–Crippen MR) is 48.2 cm³/mol. The van der Waals surface area contributed by atoms with E-state index >= 15 is 0 Å². The molecular weight excluding hydrogens is 174 g/mol. The van der Waals surface area contributed by atoms with Crippen LogP contribution in [-0.2, 0) is 4.79 Å². The van der Waals surface area contributed by atoms with E-state index in [2.05, 4.69) is 4.40 Å². The predicted octanol–water partition coefficient (Wildman–Crippen LogP) is 1.28. The van der Waals surface area contributed by atoms with Gasteiger partial charge < -0.3 is 5.11 Å². The summed E-state index contributed by atoms with van der Waals surface area (Å²) in [5.41, 5.74) is 0.449. The lowest BCUT2D eigenvalue weighted by Gasteiger charge is -2.16. The maximum atomic E-state index is 10.7. The van der Waals surface area contributed by atoms with Gasteiger partial charge in [-0.15, -0.1) is 0 Å². The molecule has 1 N–H and O–H groups in total. The summed E-state index contributed by atoms with van der Waals surface area (Å²) in [6.07, 6.45) is 7.19. The second-order valence-corrected chi connectivity index (χ2v) is 3.60. The number of nitrogens with zero attached hydrogens (tertiary/aromatic N) is 1. The zero-order valence-corrected chi connectivity index (χ0v) is 6.99. The molecule has 1 aliphatic carbocycles. The van der Waals surface area contributed by atoms with Crippen molar-refractivity contribution < 1.29 is 9.90 Å². The number of hydrogen-bond donors (Lipinski definition) is 1. The second kappa shape index (κ2) is 2.79.